The zero-order valence-electron chi connectivity index (χ0n) is 17.9. The molecular weight excluding hydrogens is 462 g/mol. The van der Waals surface area contributed by atoms with Crippen LogP contribution in [0.4, 0.5) is 11.4 Å². The van der Waals surface area contributed by atoms with Crippen molar-refractivity contribution in [3.63, 3.8) is 0 Å². The molecule has 0 fully saturated rings. The first-order valence-corrected chi connectivity index (χ1v) is 11.3. The van der Waals surface area contributed by atoms with Gasteiger partial charge in [0.1, 0.15) is 6.54 Å². The number of Topliss-reactive ketones (excluding diaryl/α,β-unsaturated/α-hetero) is 1. The lowest BCUT2D eigenvalue weighted by atomic mass is 10.1. The molecule has 0 aromatic heterocycles. The summed E-state index contributed by atoms with van der Waals surface area (Å²) in [6, 6.07) is 17.5. The van der Waals surface area contributed by atoms with E-state index < -0.39 is 33.3 Å². The van der Waals surface area contributed by atoms with Crippen molar-refractivity contribution in [3.8, 4) is 0 Å². The van der Waals surface area contributed by atoms with Gasteiger partial charge in [-0.15, -0.1) is 0 Å². The van der Waals surface area contributed by atoms with Gasteiger partial charge in [0.15, 0.2) is 5.78 Å². The highest BCUT2D eigenvalue weighted by Crippen LogP contribution is 2.22. The van der Waals surface area contributed by atoms with Crippen LogP contribution < -0.4 is 5.32 Å². The molecule has 0 saturated heterocycles. The maximum Gasteiger partial charge on any atom is 0.269 e. The Bertz CT molecular complexity index is 1340. The maximum atomic E-state index is 13.3. The molecule has 2 amide bonds. The average Bonchev–Trinajstić information content (AvgIpc) is 2.83. The standard InChI is InChI=1S/C23H19N3O7S/c1-16(27)17-7-9-19(10-8-17)24-22(28)15-25(23(29)18-5-3-2-4-6-18)34(32,33)21-13-11-20(12-14-21)26(30)31/h2-14H,15H2,1H3,(H,24,28). The van der Waals surface area contributed by atoms with Crippen LogP contribution in [0.25, 0.3) is 0 Å². The van der Waals surface area contributed by atoms with E-state index in [4.69, 9.17) is 0 Å². The van der Waals surface area contributed by atoms with E-state index in [9.17, 15) is 32.9 Å². The number of non-ortho nitro benzene ring substituents is 1. The number of benzene rings is 3. The molecule has 0 atom stereocenters. The highest BCUT2D eigenvalue weighted by Gasteiger charge is 2.32. The fourth-order valence-corrected chi connectivity index (χ4v) is 4.32. The lowest BCUT2D eigenvalue weighted by Gasteiger charge is -2.22. The Labute approximate surface area is 195 Å². The van der Waals surface area contributed by atoms with Gasteiger partial charge in [0.25, 0.3) is 21.6 Å². The molecule has 10 nitrogen and oxygen atoms in total. The topological polar surface area (TPSA) is 144 Å². The van der Waals surface area contributed by atoms with Crippen molar-refractivity contribution in [2.24, 2.45) is 0 Å². The first kappa shape index (κ1) is 24.3. The average molecular weight is 481 g/mol. The lowest BCUT2D eigenvalue weighted by Crippen LogP contribution is -2.42. The Balaban J connectivity index is 1.91. The number of carbonyl (C=O) groups is 3. The van der Waals surface area contributed by atoms with Crippen molar-refractivity contribution in [2.75, 3.05) is 11.9 Å². The number of carbonyl (C=O) groups excluding carboxylic acids is 3. The summed E-state index contributed by atoms with van der Waals surface area (Å²) in [5.74, 6) is -1.90. The summed E-state index contributed by atoms with van der Waals surface area (Å²) in [6.07, 6.45) is 0. The van der Waals surface area contributed by atoms with Crippen molar-refractivity contribution in [1.29, 1.82) is 0 Å². The van der Waals surface area contributed by atoms with E-state index in [0.29, 0.717) is 15.6 Å². The molecule has 0 aliphatic heterocycles. The van der Waals surface area contributed by atoms with Crippen LogP contribution in [0.2, 0.25) is 0 Å². The second kappa shape index (κ2) is 10.0. The largest absolute Gasteiger partial charge is 0.325 e. The molecule has 174 valence electrons. The molecule has 0 saturated carbocycles. The van der Waals surface area contributed by atoms with Crippen LogP contribution in [0.5, 0.6) is 0 Å². The van der Waals surface area contributed by atoms with E-state index in [2.05, 4.69) is 5.32 Å². The minimum Gasteiger partial charge on any atom is -0.325 e. The number of nitrogens with one attached hydrogen (secondary N) is 1. The summed E-state index contributed by atoms with van der Waals surface area (Å²) < 4.78 is 26.9. The number of anilines is 1. The molecule has 0 bridgehead atoms. The van der Waals surface area contributed by atoms with Crippen LogP contribution in [0, 0.1) is 10.1 Å². The number of nitrogens with zero attached hydrogens (tertiary/aromatic N) is 2. The minimum absolute atomic E-state index is 0.0339. The zero-order chi connectivity index (χ0) is 24.9. The van der Waals surface area contributed by atoms with Gasteiger partial charge in [0.05, 0.1) is 9.82 Å². The van der Waals surface area contributed by atoms with Crippen LogP contribution >= 0.6 is 0 Å². The van der Waals surface area contributed by atoms with Gasteiger partial charge >= 0.3 is 0 Å². The third kappa shape index (κ3) is 5.51. The molecule has 3 aromatic rings. The normalized spacial score (nSPS) is 10.9. The Morgan fingerprint density at radius 1 is 0.882 bits per heavy atom. The maximum absolute atomic E-state index is 13.3. The molecule has 3 aromatic carbocycles. The van der Waals surface area contributed by atoms with Gasteiger partial charge in [-0.2, -0.15) is 0 Å². The smallest absolute Gasteiger partial charge is 0.269 e. The molecule has 0 aliphatic carbocycles. The van der Waals surface area contributed by atoms with Crippen LogP contribution in [0.3, 0.4) is 0 Å². The molecule has 0 radical (unpaired) electrons. The minimum atomic E-state index is -4.54. The second-order valence-electron chi connectivity index (χ2n) is 7.12. The van der Waals surface area contributed by atoms with E-state index in [1.54, 1.807) is 18.2 Å². The summed E-state index contributed by atoms with van der Waals surface area (Å²) in [5, 5.41) is 13.4. The van der Waals surface area contributed by atoms with Crippen molar-refractivity contribution in [1.82, 2.24) is 4.31 Å². The van der Waals surface area contributed by atoms with Crippen molar-refractivity contribution in [2.45, 2.75) is 11.8 Å². The van der Waals surface area contributed by atoms with Crippen molar-refractivity contribution < 1.29 is 27.7 Å². The highest BCUT2D eigenvalue weighted by atomic mass is 32.2. The molecule has 11 heteroatoms. The quantitative estimate of drug-likeness (QED) is 0.295. The SMILES string of the molecule is CC(=O)c1ccc(NC(=O)CN(C(=O)c2ccccc2)S(=O)(=O)c2ccc([N+](=O)[O-])cc2)cc1. The van der Waals surface area contributed by atoms with Gasteiger partial charge in [0, 0.05) is 28.9 Å². The third-order valence-corrected chi connectivity index (χ3v) is 6.49. The Hall–Kier alpha value is -4.38. The monoisotopic (exact) mass is 481 g/mol. The number of sulfonamides is 1. The van der Waals surface area contributed by atoms with Gasteiger partial charge in [-0.3, -0.25) is 24.5 Å². The first-order chi connectivity index (χ1) is 16.1. The van der Waals surface area contributed by atoms with Gasteiger partial charge in [0.2, 0.25) is 5.91 Å². The van der Waals surface area contributed by atoms with Crippen LogP contribution in [0.15, 0.2) is 83.8 Å². The predicted molar refractivity (Wildman–Crippen MR) is 123 cm³/mol. The van der Waals surface area contributed by atoms with Gasteiger partial charge in [-0.1, -0.05) is 18.2 Å². The molecule has 0 aliphatic rings. The fraction of sp³-hybridized carbons (Fsp3) is 0.0870. The van der Waals surface area contributed by atoms with Crippen LogP contribution in [0.1, 0.15) is 27.6 Å². The molecule has 34 heavy (non-hydrogen) atoms. The van der Waals surface area contributed by atoms with Gasteiger partial charge in [-0.05, 0) is 55.5 Å². The number of rotatable bonds is 8. The van der Waals surface area contributed by atoms with E-state index in [0.717, 1.165) is 24.3 Å². The van der Waals surface area contributed by atoms with Crippen LogP contribution in [-0.4, -0.2) is 41.8 Å². The molecule has 0 spiro atoms. The number of hydrogen-bond acceptors (Lipinski definition) is 7. The predicted octanol–water partition coefficient (Wildman–Crippen LogP) is 3.27. The summed E-state index contributed by atoms with van der Waals surface area (Å²) in [7, 11) is -4.54. The fourth-order valence-electron chi connectivity index (χ4n) is 2.98. The number of nitro groups is 1. The summed E-state index contributed by atoms with van der Waals surface area (Å²) in [6.45, 7) is 0.547. The van der Waals surface area contributed by atoms with Crippen molar-refractivity contribution >= 4 is 39.0 Å². The first-order valence-electron chi connectivity index (χ1n) is 9.87. The van der Waals surface area contributed by atoms with E-state index in [1.165, 1.54) is 43.3 Å². The highest BCUT2D eigenvalue weighted by molar-refractivity contribution is 7.89. The second-order valence-corrected chi connectivity index (χ2v) is 8.98. The zero-order valence-corrected chi connectivity index (χ0v) is 18.7. The Morgan fingerprint density at radius 3 is 2.00 bits per heavy atom. The van der Waals surface area contributed by atoms with E-state index in [-0.39, 0.29) is 21.9 Å². The summed E-state index contributed by atoms with van der Waals surface area (Å²) in [4.78, 5) is 47.0. The van der Waals surface area contributed by atoms with E-state index >= 15 is 0 Å². The van der Waals surface area contributed by atoms with Crippen molar-refractivity contribution in [3.05, 3.63) is 100 Å². The van der Waals surface area contributed by atoms with E-state index in [1.807, 2.05) is 0 Å². The van der Waals surface area contributed by atoms with Gasteiger partial charge < -0.3 is 5.32 Å². The third-order valence-electron chi connectivity index (χ3n) is 4.75. The Kier molecular flexibility index (Phi) is 7.17. The Morgan fingerprint density at radius 2 is 1.47 bits per heavy atom. The summed E-state index contributed by atoms with van der Waals surface area (Å²) in [5.41, 5.74) is 0.438. The van der Waals surface area contributed by atoms with Crippen LogP contribution in [-0.2, 0) is 14.8 Å². The summed E-state index contributed by atoms with van der Waals surface area (Å²) >= 11 is 0. The number of amides is 2. The molecule has 0 heterocycles. The number of ketones is 1. The molecule has 1 N–H and O–H groups in total. The molecular formula is C23H19N3O7S. The number of nitro benzene ring substituents is 1. The molecule has 0 unspecified atom stereocenters. The number of hydrogen-bond donors (Lipinski definition) is 1. The van der Waals surface area contributed by atoms with Gasteiger partial charge in [-0.25, -0.2) is 12.7 Å². The molecule has 3 rings (SSSR count). The lowest BCUT2D eigenvalue weighted by molar-refractivity contribution is -0.384.